The van der Waals surface area contributed by atoms with Gasteiger partial charge in [0.15, 0.2) is 0 Å². The summed E-state index contributed by atoms with van der Waals surface area (Å²) >= 11 is 0. The third-order valence-electron chi connectivity index (χ3n) is 12.5. The number of nitrogens with zero attached hydrogens (tertiary/aromatic N) is 1. The second-order valence-corrected chi connectivity index (χ2v) is 27.5. The van der Waals surface area contributed by atoms with Crippen LogP contribution in [0, 0.1) is 0 Å². The van der Waals surface area contributed by atoms with Crippen molar-refractivity contribution in [3.63, 3.8) is 0 Å². The van der Waals surface area contributed by atoms with E-state index in [4.69, 9.17) is 24.4 Å². The average Bonchev–Trinajstić information content (AvgIpc) is 3.81. The topological polar surface area (TPSA) is 309 Å². The Kier molecular flexibility index (Phi) is 23.6. The molecule has 0 unspecified atom stereocenters. The van der Waals surface area contributed by atoms with Crippen molar-refractivity contribution in [3.05, 3.63) is 72.3 Å². The van der Waals surface area contributed by atoms with E-state index < -0.39 is 134 Å². The fourth-order valence-electron chi connectivity index (χ4n) is 7.71. The van der Waals surface area contributed by atoms with Gasteiger partial charge in [0, 0.05) is 26.3 Å². The van der Waals surface area contributed by atoms with E-state index >= 15 is 0 Å². The van der Waals surface area contributed by atoms with E-state index in [-0.39, 0.29) is 31.0 Å². The van der Waals surface area contributed by atoms with E-state index in [0.29, 0.717) is 35.5 Å². The summed E-state index contributed by atoms with van der Waals surface area (Å²) in [5.74, 6) is -7.19. The highest BCUT2D eigenvalue weighted by Gasteiger charge is 2.40. The molecule has 1 saturated heterocycles. The van der Waals surface area contributed by atoms with Crippen LogP contribution in [0.5, 0.6) is 11.5 Å². The fraction of sp³-hybridized carbons (Fsp3) is 0.564. The lowest BCUT2D eigenvalue weighted by Gasteiger charge is -2.36. The molecule has 23 heteroatoms. The molecule has 0 aromatic heterocycles. The van der Waals surface area contributed by atoms with Crippen molar-refractivity contribution < 1.29 is 66.6 Å². The number of benzene rings is 2. The number of carbonyl (C=O) groups excluding carboxylic acids is 10. The maximum atomic E-state index is 14.6. The molecule has 1 aliphatic rings. The first kappa shape index (κ1) is 65.0. The number of esters is 2. The molecule has 1 heterocycles. The summed E-state index contributed by atoms with van der Waals surface area (Å²) in [6, 6.07) is 5.16. The van der Waals surface area contributed by atoms with Gasteiger partial charge in [0.2, 0.25) is 55.6 Å². The van der Waals surface area contributed by atoms with Crippen molar-refractivity contribution >= 4 is 67.5 Å². The van der Waals surface area contributed by atoms with Crippen LogP contribution >= 0.6 is 0 Å². The van der Waals surface area contributed by atoms with Crippen LogP contribution in [0.4, 0.5) is 0 Å². The molecule has 0 aliphatic carbocycles. The summed E-state index contributed by atoms with van der Waals surface area (Å²) in [5.41, 5.74) is 4.54. The first-order valence-corrected chi connectivity index (χ1v) is 28.9. The number of primary amides is 1. The predicted molar refractivity (Wildman–Crippen MR) is 293 cm³/mol. The smallest absolute Gasteiger partial charge is 0.308 e. The molecule has 8 amide bonds. The molecular formula is C55H82N8O14Si. The molecule has 22 nitrogen and oxygen atoms in total. The number of carbonyl (C=O) groups is 10. The van der Waals surface area contributed by atoms with Crippen molar-refractivity contribution in [2.24, 2.45) is 5.73 Å². The van der Waals surface area contributed by atoms with E-state index in [1.54, 1.807) is 96.1 Å². The van der Waals surface area contributed by atoms with Crippen molar-refractivity contribution in [2.75, 3.05) is 19.7 Å². The minimum atomic E-state index is -2.26. The lowest BCUT2D eigenvalue weighted by Crippen LogP contribution is -2.59. The van der Waals surface area contributed by atoms with E-state index in [1.165, 1.54) is 11.8 Å². The van der Waals surface area contributed by atoms with Crippen LogP contribution in [0.1, 0.15) is 113 Å². The van der Waals surface area contributed by atoms with Gasteiger partial charge in [0.1, 0.15) is 65.6 Å². The summed E-state index contributed by atoms with van der Waals surface area (Å²) in [5, 5.41) is 15.1. The average molecular weight is 1110 g/mol. The highest BCUT2D eigenvalue weighted by molar-refractivity contribution is 6.74. The Morgan fingerprint density at radius 1 is 0.679 bits per heavy atom. The highest BCUT2D eigenvalue weighted by atomic mass is 28.4. The van der Waals surface area contributed by atoms with Gasteiger partial charge in [-0.15, -0.1) is 0 Å². The van der Waals surface area contributed by atoms with Crippen molar-refractivity contribution in [3.8, 4) is 11.5 Å². The minimum Gasteiger partial charge on any atom is -0.544 e. The van der Waals surface area contributed by atoms with E-state index in [9.17, 15) is 47.9 Å². The maximum Gasteiger partial charge on any atom is 0.308 e. The summed E-state index contributed by atoms with van der Waals surface area (Å²) in [7, 11) is -2.26. The molecule has 1 aliphatic heterocycles. The summed E-state index contributed by atoms with van der Waals surface area (Å²) in [6.45, 7) is 26.2. The molecule has 3 rings (SSSR count). The van der Waals surface area contributed by atoms with Crippen LogP contribution in [-0.2, 0) is 70.3 Å². The quantitative estimate of drug-likeness (QED) is 0.0405. The first-order chi connectivity index (χ1) is 36.1. The van der Waals surface area contributed by atoms with Gasteiger partial charge in [-0.3, -0.25) is 47.9 Å². The van der Waals surface area contributed by atoms with Crippen LogP contribution in [0.15, 0.2) is 61.2 Å². The molecule has 6 atom stereocenters. The van der Waals surface area contributed by atoms with Crippen LogP contribution in [0.25, 0.3) is 0 Å². The van der Waals surface area contributed by atoms with Crippen LogP contribution in [0.2, 0.25) is 18.1 Å². The number of ether oxygens (including phenoxy) is 3. The number of rotatable bonds is 26. The van der Waals surface area contributed by atoms with Gasteiger partial charge in [0.25, 0.3) is 0 Å². The Hall–Kier alpha value is -7.30. The molecular weight excluding hydrogens is 1020 g/mol. The van der Waals surface area contributed by atoms with Gasteiger partial charge >= 0.3 is 11.9 Å². The minimum absolute atomic E-state index is 0.114. The van der Waals surface area contributed by atoms with E-state index in [1.807, 2.05) is 0 Å². The molecule has 0 saturated carbocycles. The Bertz CT molecular complexity index is 2480. The molecule has 0 bridgehead atoms. The third-order valence-corrected chi connectivity index (χ3v) is 16.8. The van der Waals surface area contributed by atoms with Gasteiger partial charge in [-0.25, -0.2) is 0 Å². The highest BCUT2D eigenvalue weighted by Crippen LogP contribution is 2.37. The SMILES string of the molecule is C=CCOc1ccc(C[C@H](NC(=O)[C@H](CC(=O)OC(C)(C)C)NC(C)=O)C(=O)N[C@@H](CC(=O)OC(C)(C)C)C(=O)N[C@@H](Cc2ccc(O[Si](C)(C)C(C)(C)C)cc2)C(=O)NCC(=O)N[C@@H](C)C(=O)N2CCC[C@H]2C(N)=O)cc1. The van der Waals surface area contributed by atoms with Crippen molar-refractivity contribution in [1.29, 1.82) is 0 Å². The van der Waals surface area contributed by atoms with Gasteiger partial charge < -0.3 is 61.2 Å². The van der Waals surface area contributed by atoms with Gasteiger partial charge in [-0.1, -0.05) is 57.7 Å². The monoisotopic (exact) mass is 1110 g/mol. The molecule has 0 spiro atoms. The standard InChI is InChI=1S/C55H82N8O14Si/c1-15-27-74-37-22-18-35(19-23-37)29-40(61-50(71)41(59-34(3)64)30-45(66)75-53(4,5)6)49(70)62-42(31-46(67)76-54(7,8)9)51(72)60-39(28-36-20-24-38(25-21-36)77-78(13,14)55(10,11)12)48(69)57-32-44(65)58-33(2)52(73)63-26-16-17-43(63)47(56)68/h15,18-25,33,39-43H,1,16-17,26-32H2,2-14H3,(H2,56,68)(H,57,69)(H,58,65)(H,59,64)(H,60,72)(H,61,71)(H,62,70)/t33-,39-,40-,41-,42-,43-/m0/s1. The van der Waals surface area contributed by atoms with Crippen LogP contribution in [0.3, 0.4) is 0 Å². The molecule has 8 N–H and O–H groups in total. The zero-order valence-electron chi connectivity index (χ0n) is 47.5. The zero-order chi connectivity index (χ0) is 58.9. The predicted octanol–water partition coefficient (Wildman–Crippen LogP) is 2.94. The summed E-state index contributed by atoms with van der Waals surface area (Å²) in [6.07, 6.45) is 0.701. The molecule has 2 aromatic rings. The number of likely N-dealkylation sites (tertiary alicyclic amines) is 1. The Morgan fingerprint density at radius 3 is 1.58 bits per heavy atom. The van der Waals surface area contributed by atoms with Gasteiger partial charge in [-0.2, -0.15) is 0 Å². The third kappa shape index (κ3) is 22.0. The normalized spacial score (nSPS) is 15.6. The van der Waals surface area contributed by atoms with Gasteiger partial charge in [0.05, 0.1) is 19.4 Å². The molecule has 78 heavy (non-hydrogen) atoms. The second-order valence-electron chi connectivity index (χ2n) is 22.8. The second kappa shape index (κ2) is 28.4. The fourth-order valence-corrected chi connectivity index (χ4v) is 8.74. The first-order valence-electron chi connectivity index (χ1n) is 26.0. The van der Waals surface area contributed by atoms with E-state index in [2.05, 4.69) is 72.3 Å². The Morgan fingerprint density at radius 2 is 1.13 bits per heavy atom. The Balaban J connectivity index is 2.04. The number of amides is 8. The molecule has 430 valence electrons. The maximum absolute atomic E-state index is 14.6. The lowest BCUT2D eigenvalue weighted by atomic mass is 10.0. The van der Waals surface area contributed by atoms with E-state index in [0.717, 1.165) is 6.92 Å². The molecule has 2 aromatic carbocycles. The Labute approximate surface area is 458 Å². The zero-order valence-corrected chi connectivity index (χ0v) is 48.5. The molecule has 0 radical (unpaired) electrons. The summed E-state index contributed by atoms with van der Waals surface area (Å²) < 4.78 is 23.0. The lowest BCUT2D eigenvalue weighted by molar-refractivity contribution is -0.157. The van der Waals surface area contributed by atoms with Crippen LogP contribution < -0.4 is 46.8 Å². The van der Waals surface area contributed by atoms with Crippen molar-refractivity contribution in [2.45, 2.75) is 180 Å². The number of nitrogens with one attached hydrogen (secondary N) is 6. The van der Waals surface area contributed by atoms with Gasteiger partial charge in [-0.05, 0) is 115 Å². The number of hydrogen-bond donors (Lipinski definition) is 7. The van der Waals surface area contributed by atoms with Crippen LogP contribution in [-0.4, -0.2) is 140 Å². The largest absolute Gasteiger partial charge is 0.544 e. The molecule has 1 fully saturated rings. The summed E-state index contributed by atoms with van der Waals surface area (Å²) in [4.78, 5) is 136. The number of hydrogen-bond acceptors (Lipinski definition) is 14. The van der Waals surface area contributed by atoms with Crippen molar-refractivity contribution in [1.82, 2.24) is 36.8 Å². The number of nitrogens with two attached hydrogens (primary N) is 1.